The van der Waals surface area contributed by atoms with Gasteiger partial charge in [-0.25, -0.2) is 4.98 Å². The number of ether oxygens (including phenoxy) is 1. The number of nitrogens with one attached hydrogen (secondary N) is 1. The highest BCUT2D eigenvalue weighted by molar-refractivity contribution is 6.33. The van der Waals surface area contributed by atoms with Gasteiger partial charge in [0.05, 0.1) is 16.7 Å². The molecule has 154 valence electrons. The molecular weight excluding hydrogens is 386 g/mol. The van der Waals surface area contributed by atoms with Crippen LogP contribution in [0.5, 0.6) is 0 Å². The van der Waals surface area contributed by atoms with Crippen LogP contribution >= 0.6 is 11.6 Å². The Labute approximate surface area is 177 Å². The van der Waals surface area contributed by atoms with Crippen molar-refractivity contribution in [1.82, 2.24) is 9.88 Å². The van der Waals surface area contributed by atoms with E-state index >= 15 is 0 Å². The van der Waals surface area contributed by atoms with Gasteiger partial charge < -0.3 is 15.0 Å². The molecule has 1 N–H and O–H groups in total. The van der Waals surface area contributed by atoms with E-state index in [2.05, 4.69) is 22.4 Å². The number of carbonyl (C=O) groups excluding carboxylic acids is 1. The van der Waals surface area contributed by atoms with Gasteiger partial charge in [0, 0.05) is 38.4 Å². The largest absolute Gasteiger partial charge is 0.373 e. The number of halogens is 1. The number of hydrogen-bond acceptors (Lipinski definition) is 4. The number of hydrogen-bond donors (Lipinski definition) is 1. The lowest BCUT2D eigenvalue weighted by molar-refractivity contribution is -0.0238. The summed E-state index contributed by atoms with van der Waals surface area (Å²) in [5.74, 6) is 0.994. The van der Waals surface area contributed by atoms with E-state index in [9.17, 15) is 4.79 Å². The van der Waals surface area contributed by atoms with Crippen LogP contribution in [0.4, 0.5) is 5.82 Å². The second kappa shape index (κ2) is 9.59. The number of benzene rings is 1. The standard InChI is InChI=1S/C23H28ClN3O2/c24-20-14-19(23(28)27-11-5-2-6-12-27)16-26-22(20)25-15-18-10-7-13-29-21(18)17-8-3-1-4-9-17/h1,3-4,8-9,14,16,18,21H,2,5-7,10-13,15H2,(H,25,26). The third-order valence-electron chi connectivity index (χ3n) is 5.84. The van der Waals surface area contributed by atoms with Crippen LogP contribution in [0.1, 0.15) is 54.1 Å². The van der Waals surface area contributed by atoms with E-state index in [4.69, 9.17) is 16.3 Å². The van der Waals surface area contributed by atoms with E-state index in [1.54, 1.807) is 12.3 Å². The van der Waals surface area contributed by atoms with Gasteiger partial charge in [-0.2, -0.15) is 0 Å². The lowest BCUT2D eigenvalue weighted by Gasteiger charge is -2.32. The summed E-state index contributed by atoms with van der Waals surface area (Å²) in [7, 11) is 0. The van der Waals surface area contributed by atoms with E-state index < -0.39 is 0 Å². The van der Waals surface area contributed by atoms with Gasteiger partial charge in [-0.1, -0.05) is 41.9 Å². The maximum absolute atomic E-state index is 12.7. The first-order valence-electron chi connectivity index (χ1n) is 10.6. The molecule has 0 radical (unpaired) electrons. The Morgan fingerprint density at radius 2 is 1.97 bits per heavy atom. The van der Waals surface area contributed by atoms with Crippen LogP contribution < -0.4 is 5.32 Å². The molecule has 2 saturated heterocycles. The predicted octanol–water partition coefficient (Wildman–Crippen LogP) is 4.94. The first-order valence-corrected chi connectivity index (χ1v) is 11.0. The summed E-state index contributed by atoms with van der Waals surface area (Å²) in [6, 6.07) is 12.1. The molecule has 29 heavy (non-hydrogen) atoms. The summed E-state index contributed by atoms with van der Waals surface area (Å²) in [5, 5.41) is 3.87. The molecule has 2 unspecified atom stereocenters. The van der Waals surface area contributed by atoms with Gasteiger partial charge in [0.15, 0.2) is 0 Å². The molecule has 5 nitrogen and oxygen atoms in total. The Bertz CT molecular complexity index is 824. The van der Waals surface area contributed by atoms with Crippen molar-refractivity contribution in [3.05, 3.63) is 58.7 Å². The van der Waals surface area contributed by atoms with Gasteiger partial charge in [-0.15, -0.1) is 0 Å². The quantitative estimate of drug-likeness (QED) is 0.754. The van der Waals surface area contributed by atoms with Crippen LogP contribution in [0.2, 0.25) is 5.02 Å². The Morgan fingerprint density at radius 3 is 2.72 bits per heavy atom. The molecule has 4 rings (SSSR count). The van der Waals surface area contributed by atoms with Crippen molar-refractivity contribution >= 4 is 23.3 Å². The van der Waals surface area contributed by atoms with Gasteiger partial charge in [-0.05, 0) is 43.7 Å². The number of aromatic nitrogens is 1. The highest BCUT2D eigenvalue weighted by Gasteiger charge is 2.27. The number of pyridine rings is 1. The van der Waals surface area contributed by atoms with Crippen molar-refractivity contribution in [2.75, 3.05) is 31.6 Å². The zero-order chi connectivity index (χ0) is 20.1. The summed E-state index contributed by atoms with van der Waals surface area (Å²) >= 11 is 6.46. The first kappa shape index (κ1) is 20.2. The zero-order valence-electron chi connectivity index (χ0n) is 16.6. The Kier molecular flexibility index (Phi) is 6.67. The van der Waals surface area contributed by atoms with E-state index in [-0.39, 0.29) is 12.0 Å². The van der Waals surface area contributed by atoms with Crippen molar-refractivity contribution in [3.8, 4) is 0 Å². The molecular formula is C23H28ClN3O2. The second-order valence-electron chi connectivity index (χ2n) is 7.89. The van der Waals surface area contributed by atoms with Crippen LogP contribution in [0, 0.1) is 5.92 Å². The SMILES string of the molecule is O=C(c1cnc(NCC2CCCOC2c2ccccc2)c(Cl)c1)N1CCCCC1. The number of anilines is 1. The highest BCUT2D eigenvalue weighted by atomic mass is 35.5. The Morgan fingerprint density at radius 1 is 1.17 bits per heavy atom. The van der Waals surface area contributed by atoms with E-state index in [0.717, 1.165) is 51.9 Å². The minimum absolute atomic E-state index is 0.0236. The van der Waals surface area contributed by atoms with Crippen molar-refractivity contribution in [2.24, 2.45) is 5.92 Å². The zero-order valence-corrected chi connectivity index (χ0v) is 17.4. The maximum atomic E-state index is 12.7. The second-order valence-corrected chi connectivity index (χ2v) is 8.30. The molecule has 1 amide bonds. The van der Waals surface area contributed by atoms with Crippen LogP contribution in [0.3, 0.4) is 0 Å². The molecule has 2 aromatic rings. The van der Waals surface area contributed by atoms with E-state index in [0.29, 0.717) is 22.3 Å². The fourth-order valence-electron chi connectivity index (χ4n) is 4.26. The molecule has 2 aliphatic heterocycles. The summed E-state index contributed by atoms with van der Waals surface area (Å²) in [4.78, 5) is 19.0. The van der Waals surface area contributed by atoms with Crippen LogP contribution in [0.15, 0.2) is 42.6 Å². The number of rotatable bonds is 5. The average Bonchev–Trinajstić information content (AvgIpc) is 2.79. The van der Waals surface area contributed by atoms with Crippen molar-refractivity contribution in [2.45, 2.75) is 38.2 Å². The molecule has 0 spiro atoms. The molecule has 1 aromatic carbocycles. The fraction of sp³-hybridized carbons (Fsp3) is 0.478. The molecule has 6 heteroatoms. The first-order chi connectivity index (χ1) is 14.2. The molecule has 2 fully saturated rings. The number of nitrogens with zero attached hydrogens (tertiary/aromatic N) is 2. The third-order valence-corrected chi connectivity index (χ3v) is 6.12. The monoisotopic (exact) mass is 413 g/mol. The molecule has 0 bridgehead atoms. The summed E-state index contributed by atoms with van der Waals surface area (Å²) in [6.07, 6.45) is 7.20. The summed E-state index contributed by atoms with van der Waals surface area (Å²) < 4.78 is 6.07. The van der Waals surface area contributed by atoms with Gasteiger partial charge in [-0.3, -0.25) is 4.79 Å². The number of carbonyl (C=O) groups is 1. The van der Waals surface area contributed by atoms with Gasteiger partial charge in [0.2, 0.25) is 0 Å². The van der Waals surface area contributed by atoms with Crippen LogP contribution in [-0.2, 0) is 4.74 Å². The minimum Gasteiger partial charge on any atom is -0.373 e. The van der Waals surface area contributed by atoms with E-state index in [1.165, 1.54) is 12.0 Å². The highest BCUT2D eigenvalue weighted by Crippen LogP contribution is 2.34. The lowest BCUT2D eigenvalue weighted by atomic mass is 9.89. The van der Waals surface area contributed by atoms with Crippen LogP contribution in [0.25, 0.3) is 0 Å². The predicted molar refractivity (Wildman–Crippen MR) is 115 cm³/mol. The summed E-state index contributed by atoms with van der Waals surface area (Å²) in [5.41, 5.74) is 1.77. The molecule has 2 atom stereocenters. The average molecular weight is 414 g/mol. The van der Waals surface area contributed by atoms with Crippen LogP contribution in [-0.4, -0.2) is 42.0 Å². The van der Waals surface area contributed by atoms with Crippen molar-refractivity contribution in [3.63, 3.8) is 0 Å². The fourth-order valence-corrected chi connectivity index (χ4v) is 4.49. The smallest absolute Gasteiger partial charge is 0.255 e. The van der Waals surface area contributed by atoms with Gasteiger partial charge in [0.1, 0.15) is 5.82 Å². The van der Waals surface area contributed by atoms with E-state index in [1.807, 2.05) is 23.1 Å². The molecule has 2 aliphatic rings. The van der Waals surface area contributed by atoms with Crippen molar-refractivity contribution in [1.29, 1.82) is 0 Å². The maximum Gasteiger partial charge on any atom is 0.255 e. The number of amides is 1. The molecule has 1 aromatic heterocycles. The van der Waals surface area contributed by atoms with Gasteiger partial charge in [0.25, 0.3) is 5.91 Å². The molecule has 0 aliphatic carbocycles. The number of piperidine rings is 1. The normalized spacial score (nSPS) is 22.3. The third kappa shape index (κ3) is 4.90. The summed E-state index contributed by atoms with van der Waals surface area (Å²) in [6.45, 7) is 3.16. The Hall–Kier alpha value is -2.11. The van der Waals surface area contributed by atoms with Gasteiger partial charge >= 0.3 is 0 Å². The Balaban J connectivity index is 1.40. The topological polar surface area (TPSA) is 54.5 Å². The number of likely N-dealkylation sites (tertiary alicyclic amines) is 1. The molecule has 0 saturated carbocycles. The van der Waals surface area contributed by atoms with Crippen molar-refractivity contribution < 1.29 is 9.53 Å². The lowest BCUT2D eigenvalue weighted by Crippen LogP contribution is -2.35. The minimum atomic E-state index is 0.0236. The molecule has 3 heterocycles.